The fraction of sp³-hybridized carbons (Fsp3) is 0.125. The fourth-order valence-electron chi connectivity index (χ4n) is 2.17. The number of fused-ring (bicyclic) bond motifs is 1. The maximum absolute atomic E-state index is 12.0. The molecule has 0 saturated carbocycles. The molecular weight excluding hydrogens is 346 g/mol. The van der Waals surface area contributed by atoms with Gasteiger partial charge >= 0.3 is 5.97 Å². The van der Waals surface area contributed by atoms with Crippen molar-refractivity contribution in [2.45, 2.75) is 6.04 Å². The Labute approximate surface area is 146 Å². The highest BCUT2D eigenvalue weighted by molar-refractivity contribution is 7.80. The van der Waals surface area contributed by atoms with Gasteiger partial charge < -0.3 is 19.9 Å². The van der Waals surface area contributed by atoms with Crippen LogP contribution in [0.2, 0.25) is 0 Å². The number of hydrogen-bond acceptors (Lipinski definition) is 7. The first-order valence-electron chi connectivity index (χ1n) is 7.18. The molecule has 0 spiro atoms. The molecule has 0 aliphatic carbocycles. The molecule has 1 amide bonds. The van der Waals surface area contributed by atoms with E-state index in [1.54, 1.807) is 18.2 Å². The topological polar surface area (TPSA) is 126 Å². The number of aromatic nitrogens is 2. The second kappa shape index (κ2) is 6.81. The minimum atomic E-state index is -1.21. The lowest BCUT2D eigenvalue weighted by Gasteiger charge is -2.09. The number of nitrogens with zero attached hydrogens (tertiary/aromatic N) is 2. The van der Waals surface area contributed by atoms with Crippen LogP contribution in [0.1, 0.15) is 10.5 Å². The van der Waals surface area contributed by atoms with E-state index in [-0.39, 0.29) is 28.8 Å². The molecule has 0 unspecified atom stereocenters. The number of carboxylic acids is 1. The van der Waals surface area contributed by atoms with Crippen molar-refractivity contribution in [1.82, 2.24) is 15.3 Å². The van der Waals surface area contributed by atoms with Gasteiger partial charge in [-0.15, -0.1) is 0 Å². The number of carbonyl (C=O) groups excluding carboxylic acids is 1. The molecule has 9 heteroatoms. The molecule has 0 aliphatic heterocycles. The maximum Gasteiger partial charge on any atom is 0.327 e. The lowest BCUT2D eigenvalue weighted by molar-refractivity contribution is -0.138. The van der Waals surface area contributed by atoms with Crippen LogP contribution in [0.25, 0.3) is 22.5 Å². The van der Waals surface area contributed by atoms with Crippen LogP contribution >= 0.6 is 12.6 Å². The summed E-state index contributed by atoms with van der Waals surface area (Å²) in [6, 6.07) is 7.54. The monoisotopic (exact) mass is 359 g/mol. The highest BCUT2D eigenvalue weighted by atomic mass is 32.1. The van der Waals surface area contributed by atoms with Crippen molar-refractivity contribution in [1.29, 1.82) is 0 Å². The molecule has 0 aliphatic rings. The molecule has 1 atom stereocenters. The summed E-state index contributed by atoms with van der Waals surface area (Å²) in [4.78, 5) is 31.2. The van der Waals surface area contributed by atoms with E-state index in [1.807, 2.05) is 6.07 Å². The Balaban J connectivity index is 1.90. The van der Waals surface area contributed by atoms with Crippen molar-refractivity contribution < 1.29 is 24.2 Å². The summed E-state index contributed by atoms with van der Waals surface area (Å²) in [6.45, 7) is 0. The first-order valence-corrected chi connectivity index (χ1v) is 7.82. The summed E-state index contributed by atoms with van der Waals surface area (Å²) in [5.41, 5.74) is 0.583. The van der Waals surface area contributed by atoms with Gasteiger partial charge in [-0.25, -0.2) is 14.8 Å². The van der Waals surface area contributed by atoms with Gasteiger partial charge in [0.25, 0.3) is 5.91 Å². The van der Waals surface area contributed by atoms with Gasteiger partial charge in [-0.2, -0.15) is 12.6 Å². The lowest BCUT2D eigenvalue weighted by atomic mass is 10.2. The number of oxazole rings is 1. The Kier molecular flexibility index (Phi) is 4.57. The number of para-hydroxylation sites is 1. The Morgan fingerprint density at radius 1 is 1.28 bits per heavy atom. The second-order valence-corrected chi connectivity index (χ2v) is 5.50. The molecule has 0 bridgehead atoms. The highest BCUT2D eigenvalue weighted by Crippen LogP contribution is 2.29. The smallest absolute Gasteiger partial charge is 0.327 e. The number of rotatable bonds is 5. The van der Waals surface area contributed by atoms with E-state index >= 15 is 0 Å². The molecule has 25 heavy (non-hydrogen) atoms. The van der Waals surface area contributed by atoms with Crippen molar-refractivity contribution >= 4 is 35.4 Å². The number of pyridine rings is 1. The zero-order valence-corrected chi connectivity index (χ0v) is 13.6. The van der Waals surface area contributed by atoms with E-state index in [2.05, 4.69) is 27.9 Å². The summed E-state index contributed by atoms with van der Waals surface area (Å²) in [7, 11) is 0. The van der Waals surface area contributed by atoms with Gasteiger partial charge in [0.2, 0.25) is 5.89 Å². The molecular formula is C16H13N3O5S. The number of amides is 1. The molecule has 1 aromatic carbocycles. The molecule has 128 valence electrons. The summed E-state index contributed by atoms with van der Waals surface area (Å²) < 4.78 is 5.22. The Morgan fingerprint density at radius 2 is 2.04 bits per heavy atom. The maximum atomic E-state index is 12.0. The first-order chi connectivity index (χ1) is 12.0. The van der Waals surface area contributed by atoms with E-state index in [0.717, 1.165) is 11.6 Å². The normalized spacial score (nSPS) is 12.0. The van der Waals surface area contributed by atoms with Gasteiger partial charge in [-0.3, -0.25) is 4.79 Å². The van der Waals surface area contributed by atoms with E-state index in [0.29, 0.717) is 5.52 Å². The third kappa shape index (κ3) is 3.41. The number of benzene rings is 1. The average molecular weight is 359 g/mol. The quantitative estimate of drug-likeness (QED) is 0.511. The van der Waals surface area contributed by atoms with Gasteiger partial charge in [0.1, 0.15) is 18.1 Å². The van der Waals surface area contributed by atoms with Crippen LogP contribution in [0.4, 0.5) is 0 Å². The molecule has 3 aromatic rings. The zero-order valence-electron chi connectivity index (χ0n) is 12.7. The van der Waals surface area contributed by atoms with Crippen molar-refractivity contribution in [3.63, 3.8) is 0 Å². The number of carbonyl (C=O) groups is 2. The summed E-state index contributed by atoms with van der Waals surface area (Å²) in [5.74, 6) is -2.20. The molecule has 3 N–H and O–H groups in total. The van der Waals surface area contributed by atoms with Crippen LogP contribution in [0.15, 0.2) is 41.0 Å². The predicted octanol–water partition coefficient (Wildman–Crippen LogP) is 1.71. The molecule has 0 fully saturated rings. The van der Waals surface area contributed by atoms with E-state index < -0.39 is 17.9 Å². The van der Waals surface area contributed by atoms with Crippen molar-refractivity contribution in [2.75, 3.05) is 5.75 Å². The Hall–Kier alpha value is -3.07. The van der Waals surface area contributed by atoms with E-state index in [4.69, 9.17) is 9.52 Å². The fourth-order valence-corrected chi connectivity index (χ4v) is 2.41. The van der Waals surface area contributed by atoms with Crippen LogP contribution in [0.5, 0.6) is 5.75 Å². The number of hydrogen-bond donors (Lipinski definition) is 4. The summed E-state index contributed by atoms with van der Waals surface area (Å²) in [5, 5.41) is 22.1. The van der Waals surface area contributed by atoms with Crippen LogP contribution in [0, 0.1) is 0 Å². The minimum absolute atomic E-state index is 0.0499. The first kappa shape index (κ1) is 16.8. The molecule has 0 saturated heterocycles. The van der Waals surface area contributed by atoms with Crippen molar-refractivity contribution in [3.8, 4) is 17.3 Å². The number of aliphatic carboxylic acids is 1. The summed E-state index contributed by atoms with van der Waals surface area (Å²) >= 11 is 3.87. The number of thiol groups is 1. The Bertz CT molecular complexity index is 956. The molecule has 8 nitrogen and oxygen atoms in total. The largest absolute Gasteiger partial charge is 0.505 e. The van der Waals surface area contributed by atoms with Gasteiger partial charge in [-0.05, 0) is 12.1 Å². The molecule has 3 rings (SSSR count). The SMILES string of the molecule is O=C(N[C@@H](CS)C(=O)O)c1coc(-c2nc3ccccc3cc2O)n1. The average Bonchev–Trinajstić information content (AvgIpc) is 3.08. The number of aromatic hydroxyl groups is 1. The standard InChI is InChI=1S/C16H13N3O5S/c20-12-5-8-3-1-2-4-9(8)17-13(12)15-19-10(6-24-15)14(21)18-11(7-25)16(22)23/h1-6,11,20,25H,7H2,(H,18,21)(H,22,23)/t11-/m0/s1. The predicted molar refractivity (Wildman–Crippen MR) is 91.6 cm³/mol. The van der Waals surface area contributed by atoms with Crippen molar-refractivity contribution in [2.24, 2.45) is 0 Å². The highest BCUT2D eigenvalue weighted by Gasteiger charge is 2.22. The summed E-state index contributed by atoms with van der Waals surface area (Å²) in [6.07, 6.45) is 1.07. The molecule has 2 heterocycles. The third-order valence-corrected chi connectivity index (χ3v) is 3.79. The van der Waals surface area contributed by atoms with Crippen LogP contribution in [0.3, 0.4) is 0 Å². The lowest BCUT2D eigenvalue weighted by Crippen LogP contribution is -2.42. The van der Waals surface area contributed by atoms with Gasteiger partial charge in [-0.1, -0.05) is 18.2 Å². The number of carboxylic acid groups (broad SMARTS) is 1. The molecule has 0 radical (unpaired) electrons. The number of nitrogens with one attached hydrogen (secondary N) is 1. The van der Waals surface area contributed by atoms with Gasteiger partial charge in [0.05, 0.1) is 5.52 Å². The Morgan fingerprint density at radius 3 is 2.76 bits per heavy atom. The minimum Gasteiger partial charge on any atom is -0.505 e. The van der Waals surface area contributed by atoms with Gasteiger partial charge in [0, 0.05) is 11.1 Å². The third-order valence-electron chi connectivity index (χ3n) is 3.43. The van der Waals surface area contributed by atoms with E-state index in [1.165, 1.54) is 6.07 Å². The van der Waals surface area contributed by atoms with E-state index in [9.17, 15) is 14.7 Å². The van der Waals surface area contributed by atoms with Crippen molar-refractivity contribution in [3.05, 3.63) is 42.3 Å². The second-order valence-electron chi connectivity index (χ2n) is 5.13. The van der Waals surface area contributed by atoms with Crippen LogP contribution in [-0.4, -0.2) is 43.9 Å². The molecule has 2 aromatic heterocycles. The van der Waals surface area contributed by atoms with Crippen LogP contribution in [-0.2, 0) is 4.79 Å². The zero-order chi connectivity index (χ0) is 18.0. The van der Waals surface area contributed by atoms with Gasteiger partial charge in [0.15, 0.2) is 11.4 Å². The van der Waals surface area contributed by atoms with Crippen LogP contribution < -0.4 is 5.32 Å².